The minimum atomic E-state index is -4.33. The minimum Gasteiger partial charge on any atom is -0.380 e. The summed E-state index contributed by atoms with van der Waals surface area (Å²) in [5, 5.41) is 24.9. The van der Waals surface area contributed by atoms with Crippen LogP contribution in [0.15, 0.2) is 17.5 Å². The van der Waals surface area contributed by atoms with Crippen molar-refractivity contribution >= 4 is 23.2 Å². The third-order valence-corrected chi connectivity index (χ3v) is 7.32. The zero-order valence-electron chi connectivity index (χ0n) is 17.2. The number of aliphatic hydroxyl groups is 2. The van der Waals surface area contributed by atoms with Crippen molar-refractivity contribution in [2.24, 2.45) is 11.8 Å². The first kappa shape index (κ1) is 24.0. The predicted octanol–water partition coefficient (Wildman–Crippen LogP) is 2.49. The molecule has 1 aromatic rings. The van der Waals surface area contributed by atoms with Gasteiger partial charge >= 0.3 is 6.18 Å². The molecule has 10 heteroatoms. The Bertz CT molecular complexity index is 743. The van der Waals surface area contributed by atoms with Crippen LogP contribution in [0.3, 0.4) is 0 Å². The van der Waals surface area contributed by atoms with E-state index in [1.165, 1.54) is 16.2 Å². The van der Waals surface area contributed by atoms with E-state index >= 15 is 0 Å². The van der Waals surface area contributed by atoms with Gasteiger partial charge in [-0.1, -0.05) is 18.9 Å². The first-order valence-corrected chi connectivity index (χ1v) is 11.6. The summed E-state index contributed by atoms with van der Waals surface area (Å²) < 4.78 is 40.6. The van der Waals surface area contributed by atoms with Crippen LogP contribution in [0, 0.1) is 11.8 Å². The number of nitrogens with zero attached hydrogens (tertiary/aromatic N) is 1. The molecule has 5 atom stereocenters. The number of carbonyl (C=O) groups is 2. The van der Waals surface area contributed by atoms with E-state index in [4.69, 9.17) is 0 Å². The topological polar surface area (TPSA) is 89.9 Å². The molecule has 2 heterocycles. The number of thiophene rings is 1. The van der Waals surface area contributed by atoms with Crippen molar-refractivity contribution in [2.45, 2.75) is 69.4 Å². The van der Waals surface area contributed by atoms with Crippen molar-refractivity contribution in [3.63, 3.8) is 0 Å². The molecule has 31 heavy (non-hydrogen) atoms. The second-order valence-electron chi connectivity index (χ2n) is 8.35. The van der Waals surface area contributed by atoms with E-state index in [0.717, 1.165) is 4.88 Å². The van der Waals surface area contributed by atoms with E-state index in [9.17, 15) is 33.0 Å². The van der Waals surface area contributed by atoms with E-state index in [-0.39, 0.29) is 19.5 Å². The van der Waals surface area contributed by atoms with E-state index in [2.05, 4.69) is 5.32 Å². The number of alkyl halides is 3. The lowest BCUT2D eigenvalue weighted by atomic mass is 9.74. The van der Waals surface area contributed by atoms with Crippen molar-refractivity contribution < 1.29 is 33.0 Å². The van der Waals surface area contributed by atoms with Gasteiger partial charge < -0.3 is 20.4 Å². The van der Waals surface area contributed by atoms with Crippen LogP contribution in [0.2, 0.25) is 0 Å². The molecule has 1 saturated carbocycles. The Morgan fingerprint density at radius 1 is 1.16 bits per heavy atom. The highest BCUT2D eigenvalue weighted by molar-refractivity contribution is 7.09. The van der Waals surface area contributed by atoms with Gasteiger partial charge in [-0.15, -0.1) is 11.3 Å². The van der Waals surface area contributed by atoms with Crippen LogP contribution in [0.1, 0.15) is 43.4 Å². The number of nitrogens with one attached hydrogen (secondary N) is 1. The fourth-order valence-electron chi connectivity index (χ4n) is 4.85. The summed E-state index contributed by atoms with van der Waals surface area (Å²) in [5.41, 5.74) is 0. The van der Waals surface area contributed by atoms with Gasteiger partial charge in [0, 0.05) is 24.0 Å². The molecule has 1 aliphatic heterocycles. The number of hydrogen-bond acceptors (Lipinski definition) is 5. The molecule has 0 spiro atoms. The number of aliphatic hydroxyl groups excluding tert-OH is 2. The maximum absolute atomic E-state index is 13.5. The Balaban J connectivity index is 1.59. The summed E-state index contributed by atoms with van der Waals surface area (Å²) in [6, 6.07) is 3.14. The van der Waals surface area contributed by atoms with Gasteiger partial charge in [-0.3, -0.25) is 9.59 Å². The molecule has 0 bridgehead atoms. The Morgan fingerprint density at radius 2 is 1.90 bits per heavy atom. The lowest BCUT2D eigenvalue weighted by Crippen LogP contribution is -2.54. The molecule has 2 fully saturated rings. The van der Waals surface area contributed by atoms with Crippen LogP contribution in [0.5, 0.6) is 0 Å². The highest BCUT2D eigenvalue weighted by atomic mass is 32.1. The van der Waals surface area contributed by atoms with Gasteiger partial charge in [-0.05, 0) is 49.5 Å². The molecule has 2 unspecified atom stereocenters. The van der Waals surface area contributed by atoms with Gasteiger partial charge in [0.05, 0.1) is 5.92 Å². The van der Waals surface area contributed by atoms with Crippen molar-refractivity contribution in [3.8, 4) is 0 Å². The molecule has 174 valence electrons. The maximum atomic E-state index is 13.5. The summed E-state index contributed by atoms with van der Waals surface area (Å²) in [7, 11) is 0. The van der Waals surface area contributed by atoms with Gasteiger partial charge in [0.1, 0.15) is 0 Å². The van der Waals surface area contributed by atoms with Crippen LogP contribution >= 0.6 is 11.3 Å². The lowest BCUT2D eigenvalue weighted by molar-refractivity contribution is -0.203. The number of likely N-dealkylation sites (tertiary alicyclic amines) is 1. The van der Waals surface area contributed by atoms with Gasteiger partial charge in [-0.2, -0.15) is 13.2 Å². The maximum Gasteiger partial charge on any atom is 0.392 e. The standard InChI is InChI=1S/C21H29F3N2O4S/c22-21(23,24)15-7-2-1-6-14(15)16-8-3-11-26(16)20(30)18(28)17(27)19(29)25-10-9-13-5-4-12-31-13/h4-5,12,14-18,27-28H,1-3,6-11H2,(H,25,29)/t14-,15?,16?,17-,18-/m1/s1. The fourth-order valence-corrected chi connectivity index (χ4v) is 5.56. The van der Waals surface area contributed by atoms with Gasteiger partial charge in [0.25, 0.3) is 11.8 Å². The van der Waals surface area contributed by atoms with Crippen LogP contribution in [-0.4, -0.2) is 64.4 Å². The third-order valence-electron chi connectivity index (χ3n) is 6.39. The van der Waals surface area contributed by atoms with E-state index in [0.29, 0.717) is 38.5 Å². The first-order valence-electron chi connectivity index (χ1n) is 10.7. The summed E-state index contributed by atoms with van der Waals surface area (Å²) in [4.78, 5) is 27.3. The normalized spacial score (nSPS) is 26.5. The quantitative estimate of drug-likeness (QED) is 0.581. The molecule has 3 rings (SSSR count). The zero-order chi connectivity index (χ0) is 22.6. The molecule has 1 aromatic heterocycles. The summed E-state index contributed by atoms with van der Waals surface area (Å²) >= 11 is 1.52. The number of carbonyl (C=O) groups excluding carboxylic acids is 2. The van der Waals surface area contributed by atoms with E-state index in [1.54, 1.807) is 0 Å². The molecule has 1 saturated heterocycles. The molecule has 3 N–H and O–H groups in total. The lowest BCUT2D eigenvalue weighted by Gasteiger charge is -2.40. The average molecular weight is 463 g/mol. The van der Waals surface area contributed by atoms with Gasteiger partial charge in [-0.25, -0.2) is 0 Å². The van der Waals surface area contributed by atoms with Crippen LogP contribution in [-0.2, 0) is 16.0 Å². The monoisotopic (exact) mass is 462 g/mol. The molecule has 0 radical (unpaired) electrons. The smallest absolute Gasteiger partial charge is 0.380 e. The molecule has 2 aliphatic rings. The molecule has 6 nitrogen and oxygen atoms in total. The van der Waals surface area contributed by atoms with Crippen LogP contribution < -0.4 is 5.32 Å². The summed E-state index contributed by atoms with van der Waals surface area (Å²) in [6.07, 6.45) is -5.19. The first-order chi connectivity index (χ1) is 14.7. The summed E-state index contributed by atoms with van der Waals surface area (Å²) in [6.45, 7) is 0.452. The Kier molecular flexibility index (Phi) is 7.98. The minimum absolute atomic E-state index is 0.0462. The van der Waals surface area contributed by atoms with E-state index < -0.39 is 48.1 Å². The molecular weight excluding hydrogens is 433 g/mol. The van der Waals surface area contributed by atoms with Crippen molar-refractivity contribution in [2.75, 3.05) is 13.1 Å². The Morgan fingerprint density at radius 3 is 2.58 bits per heavy atom. The molecular formula is C21H29F3N2O4S. The Hall–Kier alpha value is -1.65. The highest BCUT2D eigenvalue weighted by Gasteiger charge is 2.51. The van der Waals surface area contributed by atoms with E-state index in [1.807, 2.05) is 17.5 Å². The molecule has 2 amide bonds. The van der Waals surface area contributed by atoms with Gasteiger partial charge in [0.2, 0.25) is 0 Å². The SMILES string of the molecule is O=C(NCCc1cccs1)[C@H](O)[C@@H](O)C(=O)N1CCCC1[C@@H]1CCCCC1C(F)(F)F. The number of amides is 2. The number of halogens is 3. The van der Waals surface area contributed by atoms with Gasteiger partial charge in [0.15, 0.2) is 12.2 Å². The molecule has 1 aliphatic carbocycles. The second-order valence-corrected chi connectivity index (χ2v) is 9.38. The highest BCUT2D eigenvalue weighted by Crippen LogP contribution is 2.46. The second kappa shape index (κ2) is 10.3. The average Bonchev–Trinajstić information content (AvgIpc) is 3.43. The zero-order valence-corrected chi connectivity index (χ0v) is 18.0. The largest absolute Gasteiger partial charge is 0.392 e. The van der Waals surface area contributed by atoms with Crippen LogP contribution in [0.4, 0.5) is 13.2 Å². The predicted molar refractivity (Wildman–Crippen MR) is 109 cm³/mol. The van der Waals surface area contributed by atoms with Crippen molar-refractivity contribution in [1.82, 2.24) is 10.2 Å². The fraction of sp³-hybridized carbons (Fsp3) is 0.714. The van der Waals surface area contributed by atoms with Crippen molar-refractivity contribution in [3.05, 3.63) is 22.4 Å². The van der Waals surface area contributed by atoms with Crippen molar-refractivity contribution in [1.29, 1.82) is 0 Å². The number of rotatable bonds is 7. The Labute approximate surface area is 183 Å². The number of hydrogen-bond donors (Lipinski definition) is 3. The molecule has 0 aromatic carbocycles. The third kappa shape index (κ3) is 5.78. The summed E-state index contributed by atoms with van der Waals surface area (Å²) in [5.74, 6) is -3.94. The van der Waals surface area contributed by atoms with Crippen LogP contribution in [0.25, 0.3) is 0 Å².